The monoisotopic (exact) mass is 430 g/mol. The summed E-state index contributed by atoms with van der Waals surface area (Å²) in [5, 5.41) is 8.12. The fourth-order valence-electron chi connectivity index (χ4n) is 4.74. The first kappa shape index (κ1) is 20.7. The van der Waals surface area contributed by atoms with Crippen LogP contribution in [0.2, 0.25) is 0 Å². The van der Waals surface area contributed by atoms with E-state index in [-0.39, 0.29) is 30.2 Å². The molecule has 1 saturated carbocycles. The molecule has 8 nitrogen and oxygen atoms in total. The number of rotatable bonds is 2. The molecule has 2 bridgehead atoms. The average molecular weight is 431 g/mol. The fraction of sp³-hybridized carbons (Fsp3) is 0.524. The number of nitrogens with two attached hydrogens (primary N) is 1. The Hall–Kier alpha value is -2.52. The van der Waals surface area contributed by atoms with Crippen molar-refractivity contribution in [2.24, 2.45) is 23.5 Å². The van der Waals surface area contributed by atoms with Crippen molar-refractivity contribution in [1.29, 1.82) is 0 Å². The number of hydrogen-bond acceptors (Lipinski definition) is 6. The molecule has 30 heavy (non-hydrogen) atoms. The number of piperidine rings is 1. The number of aromatic nitrogens is 1. The van der Waals surface area contributed by atoms with Gasteiger partial charge in [-0.3, -0.25) is 19.3 Å². The number of hydrogen-bond donors (Lipinski definition) is 2. The van der Waals surface area contributed by atoms with Gasteiger partial charge in [0.15, 0.2) is 5.13 Å². The summed E-state index contributed by atoms with van der Waals surface area (Å²) >= 11 is 1.51. The third-order valence-corrected chi connectivity index (χ3v) is 7.27. The average Bonchev–Trinajstić information content (AvgIpc) is 3.33. The third kappa shape index (κ3) is 4.04. The molecule has 2 aromatic rings. The first-order chi connectivity index (χ1) is 14.3. The Balaban J connectivity index is 0.000000503. The SMILES string of the molecule is CC(=O)O.NC1[C@@H]2CC[C@H]1CN(C(=O)C1CC(=O)N(c3nc4ccccc4s3)C1)C2. The van der Waals surface area contributed by atoms with Gasteiger partial charge in [0, 0.05) is 39.0 Å². The van der Waals surface area contributed by atoms with Crippen LogP contribution in [0.5, 0.6) is 0 Å². The second-order valence-corrected chi connectivity index (χ2v) is 9.32. The molecular formula is C21H26N4O4S. The minimum absolute atomic E-state index is 0.000844. The number of carboxylic acids is 1. The van der Waals surface area contributed by atoms with E-state index >= 15 is 0 Å². The van der Waals surface area contributed by atoms with Crippen LogP contribution >= 0.6 is 11.3 Å². The molecule has 3 aliphatic rings. The van der Waals surface area contributed by atoms with Crippen LogP contribution in [0.25, 0.3) is 10.2 Å². The van der Waals surface area contributed by atoms with Crippen LogP contribution in [0.4, 0.5) is 5.13 Å². The van der Waals surface area contributed by atoms with E-state index in [1.54, 1.807) is 4.90 Å². The van der Waals surface area contributed by atoms with Gasteiger partial charge >= 0.3 is 0 Å². The molecule has 5 rings (SSSR count). The van der Waals surface area contributed by atoms with E-state index < -0.39 is 5.97 Å². The summed E-state index contributed by atoms with van der Waals surface area (Å²) < 4.78 is 1.06. The quantitative estimate of drug-likeness (QED) is 0.752. The summed E-state index contributed by atoms with van der Waals surface area (Å²) in [5.74, 6) is -0.126. The van der Waals surface area contributed by atoms with Crippen molar-refractivity contribution in [2.45, 2.75) is 32.2 Å². The molecule has 1 aromatic carbocycles. The van der Waals surface area contributed by atoms with Gasteiger partial charge in [0.2, 0.25) is 11.8 Å². The number of para-hydroxylation sites is 1. The summed E-state index contributed by atoms with van der Waals surface area (Å²) in [5.41, 5.74) is 7.15. The summed E-state index contributed by atoms with van der Waals surface area (Å²) in [6, 6.07) is 8.11. The fourth-order valence-corrected chi connectivity index (χ4v) is 5.73. The molecule has 2 saturated heterocycles. The molecule has 0 radical (unpaired) electrons. The van der Waals surface area contributed by atoms with Crippen molar-refractivity contribution in [3.63, 3.8) is 0 Å². The van der Waals surface area contributed by atoms with E-state index in [2.05, 4.69) is 4.98 Å². The van der Waals surface area contributed by atoms with Gasteiger partial charge in [-0.1, -0.05) is 23.5 Å². The highest BCUT2D eigenvalue weighted by Gasteiger charge is 2.44. The van der Waals surface area contributed by atoms with Gasteiger partial charge in [-0.2, -0.15) is 0 Å². The van der Waals surface area contributed by atoms with Gasteiger partial charge in [0.1, 0.15) is 0 Å². The van der Waals surface area contributed by atoms with Gasteiger partial charge in [-0.15, -0.1) is 0 Å². The predicted octanol–water partition coefficient (Wildman–Crippen LogP) is 1.94. The molecule has 3 fully saturated rings. The predicted molar refractivity (Wildman–Crippen MR) is 114 cm³/mol. The molecule has 160 valence electrons. The van der Waals surface area contributed by atoms with E-state index in [1.165, 1.54) is 11.3 Å². The Morgan fingerprint density at radius 1 is 1.17 bits per heavy atom. The summed E-state index contributed by atoms with van der Waals surface area (Å²) in [7, 11) is 0. The van der Waals surface area contributed by atoms with Crippen LogP contribution in [0.15, 0.2) is 24.3 Å². The van der Waals surface area contributed by atoms with Crippen LogP contribution in [0, 0.1) is 17.8 Å². The summed E-state index contributed by atoms with van der Waals surface area (Å²) in [6.07, 6.45) is 2.53. The van der Waals surface area contributed by atoms with Crippen molar-refractivity contribution < 1.29 is 19.5 Å². The van der Waals surface area contributed by atoms with Crippen LogP contribution in [-0.4, -0.2) is 58.5 Å². The van der Waals surface area contributed by atoms with E-state index in [4.69, 9.17) is 15.6 Å². The molecule has 3 N–H and O–H groups in total. The Morgan fingerprint density at radius 2 is 1.80 bits per heavy atom. The Labute approximate surface area is 178 Å². The lowest BCUT2D eigenvalue weighted by Crippen LogP contribution is -2.52. The number of carboxylic acid groups (broad SMARTS) is 1. The van der Waals surface area contributed by atoms with E-state index in [1.807, 2.05) is 29.2 Å². The molecule has 2 amide bonds. The minimum Gasteiger partial charge on any atom is -0.481 e. The second kappa shape index (κ2) is 8.31. The Morgan fingerprint density at radius 3 is 2.43 bits per heavy atom. The largest absolute Gasteiger partial charge is 0.481 e. The van der Waals surface area contributed by atoms with Gasteiger partial charge in [0.05, 0.1) is 16.1 Å². The second-order valence-electron chi connectivity index (χ2n) is 8.31. The molecular weight excluding hydrogens is 404 g/mol. The summed E-state index contributed by atoms with van der Waals surface area (Å²) in [4.78, 5) is 42.8. The maximum absolute atomic E-state index is 13.0. The topological polar surface area (TPSA) is 117 Å². The Bertz CT molecular complexity index is 926. The molecule has 0 spiro atoms. The van der Waals surface area contributed by atoms with E-state index in [0.717, 1.165) is 43.1 Å². The van der Waals surface area contributed by atoms with Gasteiger partial charge in [-0.25, -0.2) is 4.98 Å². The van der Waals surface area contributed by atoms with Crippen LogP contribution in [0.3, 0.4) is 0 Å². The smallest absolute Gasteiger partial charge is 0.300 e. The lowest BCUT2D eigenvalue weighted by Gasteiger charge is -2.37. The first-order valence-electron chi connectivity index (χ1n) is 10.2. The third-order valence-electron chi connectivity index (χ3n) is 6.21. The first-order valence-corrected chi connectivity index (χ1v) is 11.0. The molecule has 1 aromatic heterocycles. The number of thiazole rings is 1. The van der Waals surface area contributed by atoms with Crippen molar-refractivity contribution in [3.05, 3.63) is 24.3 Å². The van der Waals surface area contributed by atoms with Crippen LogP contribution in [0.1, 0.15) is 26.2 Å². The minimum atomic E-state index is -0.833. The molecule has 4 atom stereocenters. The maximum atomic E-state index is 13.0. The highest BCUT2D eigenvalue weighted by molar-refractivity contribution is 7.22. The number of fused-ring (bicyclic) bond motifs is 3. The van der Waals surface area contributed by atoms with E-state index in [0.29, 0.717) is 23.5 Å². The number of benzene rings is 1. The van der Waals surface area contributed by atoms with Crippen LogP contribution < -0.4 is 10.6 Å². The Kier molecular flexibility index (Phi) is 5.75. The summed E-state index contributed by atoms with van der Waals surface area (Å²) in [6.45, 7) is 3.03. The van der Waals surface area contributed by atoms with Gasteiger partial charge < -0.3 is 15.7 Å². The lowest BCUT2D eigenvalue weighted by atomic mass is 9.92. The maximum Gasteiger partial charge on any atom is 0.300 e. The number of aliphatic carboxylic acids is 1. The highest BCUT2D eigenvalue weighted by Crippen LogP contribution is 2.37. The van der Waals surface area contributed by atoms with Crippen molar-refractivity contribution in [3.8, 4) is 0 Å². The zero-order valence-corrected chi connectivity index (χ0v) is 17.7. The normalized spacial score (nSPS) is 27.9. The molecule has 3 heterocycles. The van der Waals surface area contributed by atoms with Gasteiger partial charge in [0.25, 0.3) is 5.97 Å². The molecule has 9 heteroatoms. The molecule has 2 aliphatic heterocycles. The zero-order valence-electron chi connectivity index (χ0n) is 16.9. The van der Waals surface area contributed by atoms with E-state index in [9.17, 15) is 9.59 Å². The van der Waals surface area contributed by atoms with Crippen molar-refractivity contribution >= 4 is 44.5 Å². The number of amides is 2. The number of carbonyl (C=O) groups excluding carboxylic acids is 2. The number of carbonyl (C=O) groups is 3. The molecule has 1 aliphatic carbocycles. The van der Waals surface area contributed by atoms with Crippen molar-refractivity contribution in [1.82, 2.24) is 9.88 Å². The van der Waals surface area contributed by atoms with Gasteiger partial charge in [-0.05, 0) is 36.8 Å². The number of nitrogens with zero attached hydrogens (tertiary/aromatic N) is 3. The highest BCUT2D eigenvalue weighted by atomic mass is 32.1. The number of likely N-dealkylation sites (tertiary alicyclic amines) is 1. The molecule has 2 unspecified atom stereocenters. The zero-order chi connectivity index (χ0) is 21.4. The number of anilines is 1. The van der Waals surface area contributed by atoms with Crippen LogP contribution in [-0.2, 0) is 14.4 Å². The lowest BCUT2D eigenvalue weighted by molar-refractivity contribution is -0.138. The van der Waals surface area contributed by atoms with Crippen molar-refractivity contribution in [2.75, 3.05) is 24.5 Å². The standard InChI is InChI=1S/C19H22N4O2S.C2H4O2/c20-17-11-5-6-12(17)9-22(8-11)18(25)13-7-16(24)23(10-13)19-21-14-3-1-2-4-15(14)26-19;1-2(3)4/h1-4,11-13,17H,5-10,20H2;1H3,(H,3,4)/t11-,12+,13?,17?;.